The van der Waals surface area contributed by atoms with Gasteiger partial charge in [-0.15, -0.1) is 0 Å². The van der Waals surface area contributed by atoms with Gasteiger partial charge < -0.3 is 20.3 Å². The van der Waals surface area contributed by atoms with Gasteiger partial charge in [0.1, 0.15) is 0 Å². The van der Waals surface area contributed by atoms with E-state index in [-0.39, 0.29) is 18.5 Å². The molecule has 0 aromatic rings. The molecule has 6 heteroatoms. The van der Waals surface area contributed by atoms with E-state index in [1.165, 1.54) is 212 Å². The van der Waals surface area contributed by atoms with Crippen molar-refractivity contribution in [2.75, 3.05) is 13.2 Å². The van der Waals surface area contributed by atoms with Gasteiger partial charge >= 0.3 is 5.97 Å². The molecule has 0 aromatic carbocycles. The van der Waals surface area contributed by atoms with Crippen LogP contribution in [-0.2, 0) is 14.3 Å². The highest BCUT2D eigenvalue weighted by Crippen LogP contribution is 2.17. The molecule has 0 saturated carbocycles. The lowest BCUT2D eigenvalue weighted by Gasteiger charge is -2.22. The van der Waals surface area contributed by atoms with E-state index in [1.807, 2.05) is 0 Å². The third kappa shape index (κ3) is 47.9. The summed E-state index contributed by atoms with van der Waals surface area (Å²) in [5.74, 6) is -0.0874. The first-order valence-corrected chi connectivity index (χ1v) is 27.4. The maximum absolute atomic E-state index is 12.5. The molecule has 0 spiro atoms. The zero-order chi connectivity index (χ0) is 44.4. The van der Waals surface area contributed by atoms with E-state index in [4.69, 9.17) is 4.74 Å². The first-order chi connectivity index (χ1) is 30.0. The molecule has 6 nitrogen and oxygen atoms in total. The van der Waals surface area contributed by atoms with Crippen molar-refractivity contribution in [1.82, 2.24) is 5.32 Å². The monoisotopic (exact) mass is 862 g/mol. The summed E-state index contributed by atoms with van der Waals surface area (Å²) in [4.78, 5) is 24.5. The molecule has 2 atom stereocenters. The summed E-state index contributed by atoms with van der Waals surface area (Å²) in [7, 11) is 0. The van der Waals surface area contributed by atoms with Crippen LogP contribution in [0.25, 0.3) is 0 Å². The average Bonchev–Trinajstić information content (AvgIpc) is 3.26. The summed E-state index contributed by atoms with van der Waals surface area (Å²) < 4.78 is 5.46. The van der Waals surface area contributed by atoms with Crippen molar-refractivity contribution in [2.45, 2.75) is 315 Å². The SMILES string of the molecule is CCCCCCCCC/C=C\CCCCCCCCCC(=O)OCCCCCCCCCCCC(=O)NC(CO)C(O)CCCCCCCCCCCCCCCCCCC. The fourth-order valence-corrected chi connectivity index (χ4v) is 8.58. The molecule has 1 amide bonds. The Hall–Kier alpha value is -1.40. The molecule has 0 radical (unpaired) electrons. The number of ether oxygens (including phenoxy) is 1. The number of esters is 1. The maximum Gasteiger partial charge on any atom is 0.305 e. The summed E-state index contributed by atoms with van der Waals surface area (Å²) in [5.41, 5.74) is 0. The number of hydrogen-bond donors (Lipinski definition) is 3. The molecule has 2 unspecified atom stereocenters. The van der Waals surface area contributed by atoms with Gasteiger partial charge in [0.15, 0.2) is 0 Å². The number of aliphatic hydroxyl groups is 2. The molecule has 0 rings (SSSR count). The van der Waals surface area contributed by atoms with Gasteiger partial charge in [-0.3, -0.25) is 9.59 Å². The fourth-order valence-electron chi connectivity index (χ4n) is 8.58. The van der Waals surface area contributed by atoms with Crippen LogP contribution in [0, 0.1) is 0 Å². The van der Waals surface area contributed by atoms with Crippen LogP contribution < -0.4 is 5.32 Å². The molecule has 3 N–H and O–H groups in total. The van der Waals surface area contributed by atoms with Crippen molar-refractivity contribution in [3.05, 3.63) is 12.2 Å². The van der Waals surface area contributed by atoms with Crippen LogP contribution in [0.2, 0.25) is 0 Å². The van der Waals surface area contributed by atoms with E-state index in [0.717, 1.165) is 57.8 Å². The predicted octanol–water partition coefficient (Wildman–Crippen LogP) is 16.5. The summed E-state index contributed by atoms with van der Waals surface area (Å²) in [5, 5.41) is 23.3. The second-order valence-corrected chi connectivity index (χ2v) is 18.9. The van der Waals surface area contributed by atoms with E-state index < -0.39 is 12.1 Å². The normalized spacial score (nSPS) is 12.7. The number of allylic oxidation sites excluding steroid dienone is 2. The molecule has 0 aliphatic heterocycles. The molecule has 362 valence electrons. The molecule has 0 heterocycles. The van der Waals surface area contributed by atoms with Crippen LogP contribution in [-0.4, -0.2) is 47.4 Å². The first-order valence-electron chi connectivity index (χ1n) is 27.4. The van der Waals surface area contributed by atoms with Crippen molar-refractivity contribution in [3.63, 3.8) is 0 Å². The molecule has 61 heavy (non-hydrogen) atoms. The van der Waals surface area contributed by atoms with Crippen molar-refractivity contribution in [3.8, 4) is 0 Å². The molecule has 0 fully saturated rings. The number of unbranched alkanes of at least 4 members (excludes halogenated alkanes) is 38. The van der Waals surface area contributed by atoms with Gasteiger partial charge in [-0.05, 0) is 51.4 Å². The van der Waals surface area contributed by atoms with Gasteiger partial charge in [-0.1, -0.05) is 251 Å². The van der Waals surface area contributed by atoms with E-state index in [9.17, 15) is 19.8 Å². The maximum atomic E-state index is 12.5. The first kappa shape index (κ1) is 59.6. The summed E-state index contributed by atoms with van der Waals surface area (Å²) in [6.45, 7) is 4.90. The molecular formula is C55H107NO5. The Bertz CT molecular complexity index is 909. The number of aliphatic hydroxyl groups excluding tert-OH is 2. The summed E-state index contributed by atoms with van der Waals surface area (Å²) >= 11 is 0. The Kier molecular flexibility index (Phi) is 50.1. The van der Waals surface area contributed by atoms with Gasteiger partial charge in [0, 0.05) is 12.8 Å². The zero-order valence-electron chi connectivity index (χ0n) is 41.2. The van der Waals surface area contributed by atoms with Gasteiger partial charge in [0.2, 0.25) is 5.91 Å². The van der Waals surface area contributed by atoms with Gasteiger partial charge in [-0.25, -0.2) is 0 Å². The smallest absolute Gasteiger partial charge is 0.305 e. The molecule has 0 aliphatic carbocycles. The number of carbonyl (C=O) groups excluding carboxylic acids is 2. The van der Waals surface area contributed by atoms with Crippen LogP contribution in [0.4, 0.5) is 0 Å². The second-order valence-electron chi connectivity index (χ2n) is 18.9. The van der Waals surface area contributed by atoms with E-state index in [2.05, 4.69) is 31.3 Å². The van der Waals surface area contributed by atoms with Crippen molar-refractivity contribution >= 4 is 11.9 Å². The quantitative estimate of drug-likeness (QED) is 0.0322. The Balaban J connectivity index is 3.47. The van der Waals surface area contributed by atoms with Crippen LogP contribution in [0.3, 0.4) is 0 Å². The highest BCUT2D eigenvalue weighted by atomic mass is 16.5. The minimum Gasteiger partial charge on any atom is -0.466 e. The number of hydrogen-bond acceptors (Lipinski definition) is 5. The Morgan fingerprint density at radius 2 is 0.770 bits per heavy atom. The molecule has 0 aliphatic rings. The number of rotatable bonds is 51. The van der Waals surface area contributed by atoms with Crippen LogP contribution in [0.15, 0.2) is 12.2 Å². The van der Waals surface area contributed by atoms with Crippen LogP contribution >= 0.6 is 0 Å². The minimum absolute atomic E-state index is 0.0271. The molecule has 0 bridgehead atoms. The second kappa shape index (κ2) is 51.2. The lowest BCUT2D eigenvalue weighted by Crippen LogP contribution is -2.45. The Morgan fingerprint density at radius 3 is 1.16 bits per heavy atom. The van der Waals surface area contributed by atoms with Crippen LogP contribution in [0.5, 0.6) is 0 Å². The number of nitrogens with one attached hydrogen (secondary N) is 1. The van der Waals surface area contributed by atoms with E-state index >= 15 is 0 Å². The molecule has 0 aromatic heterocycles. The number of carbonyl (C=O) groups is 2. The fraction of sp³-hybridized carbons (Fsp3) is 0.927. The zero-order valence-corrected chi connectivity index (χ0v) is 41.2. The predicted molar refractivity (Wildman–Crippen MR) is 264 cm³/mol. The minimum atomic E-state index is -0.681. The Labute approximate surface area is 380 Å². The van der Waals surface area contributed by atoms with Gasteiger partial charge in [-0.2, -0.15) is 0 Å². The van der Waals surface area contributed by atoms with Crippen molar-refractivity contribution in [2.24, 2.45) is 0 Å². The van der Waals surface area contributed by atoms with Crippen molar-refractivity contribution < 1.29 is 24.5 Å². The van der Waals surface area contributed by atoms with E-state index in [1.54, 1.807) is 0 Å². The third-order valence-corrected chi connectivity index (χ3v) is 12.8. The third-order valence-electron chi connectivity index (χ3n) is 12.8. The number of amides is 1. The topological polar surface area (TPSA) is 95.9 Å². The molecular weight excluding hydrogens is 755 g/mol. The van der Waals surface area contributed by atoms with Crippen molar-refractivity contribution in [1.29, 1.82) is 0 Å². The summed E-state index contributed by atoms with van der Waals surface area (Å²) in [6.07, 6.45) is 59.0. The standard InChI is InChI=1S/C55H107NO5/c1-3-5-7-9-11-13-15-17-19-21-23-25-27-29-33-37-41-45-49-55(60)61-50-46-42-38-34-30-32-36-40-44-48-54(59)56-52(51-57)53(58)47-43-39-35-31-28-26-24-22-20-18-16-14-12-10-8-6-4-2/h19,21,52-53,57-58H,3-18,20,22-51H2,1-2H3,(H,56,59)/b21-19-. The lowest BCUT2D eigenvalue weighted by molar-refractivity contribution is -0.143. The highest BCUT2D eigenvalue weighted by molar-refractivity contribution is 5.76. The molecule has 0 saturated heterocycles. The average molecular weight is 862 g/mol. The van der Waals surface area contributed by atoms with Gasteiger partial charge in [0.25, 0.3) is 0 Å². The lowest BCUT2D eigenvalue weighted by atomic mass is 10.0. The largest absolute Gasteiger partial charge is 0.466 e. The van der Waals surface area contributed by atoms with Crippen LogP contribution in [0.1, 0.15) is 303 Å². The highest BCUT2D eigenvalue weighted by Gasteiger charge is 2.20. The van der Waals surface area contributed by atoms with Gasteiger partial charge in [0.05, 0.1) is 25.4 Å². The summed E-state index contributed by atoms with van der Waals surface area (Å²) in [6, 6.07) is -0.561. The Morgan fingerprint density at radius 1 is 0.443 bits per heavy atom. The van der Waals surface area contributed by atoms with E-state index in [0.29, 0.717) is 25.9 Å².